The minimum atomic E-state index is -4.70. The largest absolute Gasteiger partial charge is 0.756 e. The van der Waals surface area contributed by atoms with Crippen molar-refractivity contribution in [3.8, 4) is 0 Å². The van der Waals surface area contributed by atoms with E-state index in [9.17, 15) is 19.0 Å². The summed E-state index contributed by atoms with van der Waals surface area (Å²) in [5, 5.41) is 3.04. The van der Waals surface area contributed by atoms with Gasteiger partial charge in [-0.3, -0.25) is 14.2 Å². The minimum absolute atomic E-state index is 0.0193. The van der Waals surface area contributed by atoms with Crippen molar-refractivity contribution in [2.75, 3.05) is 40.9 Å². The molecule has 0 heterocycles. The van der Waals surface area contributed by atoms with Crippen LogP contribution in [-0.2, 0) is 27.9 Å². The van der Waals surface area contributed by atoms with E-state index in [-0.39, 0.29) is 31.5 Å². The van der Waals surface area contributed by atoms with Crippen LogP contribution in [0.15, 0.2) is 36.5 Å². The molecule has 9 nitrogen and oxygen atoms in total. The lowest BCUT2D eigenvalue weighted by atomic mass is 10.0. The highest BCUT2D eigenvalue weighted by Gasteiger charge is 2.27. The Morgan fingerprint density at radius 2 is 0.772 bits per heavy atom. The van der Waals surface area contributed by atoms with E-state index in [2.05, 4.69) is 50.4 Å². The normalized spacial score (nSPS) is 13.8. The van der Waals surface area contributed by atoms with Crippen molar-refractivity contribution in [1.82, 2.24) is 5.32 Å². The standard InChI is InChI=1S/C69H133N2O7P/c1-7-10-13-16-19-22-25-27-29-31-33-34-35-36-38-40-42-44-47-50-53-56-59-62-69(73)78-67(60-57-54-51-48-45-24-21-18-15-12-9-3)66(65-77-79(74,75)76-64-63-71(4,5)6)70-68(72)61-58-55-52-49-46-43-41-39-37-32-30-28-26-23-20-17-14-11-8-2/h19,22,27,29,57,60,66-67H,7-18,20-21,23-26,28,30-56,58-59,61-65H2,1-6H3,(H-,70,72,74,75)/b22-19-,29-27-,60-57+. The van der Waals surface area contributed by atoms with Crippen molar-refractivity contribution >= 4 is 19.7 Å². The van der Waals surface area contributed by atoms with E-state index in [0.29, 0.717) is 17.4 Å². The van der Waals surface area contributed by atoms with Crippen LogP contribution in [0.5, 0.6) is 0 Å². The monoisotopic (exact) mass is 1130 g/mol. The molecule has 0 spiro atoms. The third-order valence-electron chi connectivity index (χ3n) is 15.6. The molecule has 0 radical (unpaired) electrons. The quantitative estimate of drug-likeness (QED) is 0.0212. The first-order chi connectivity index (χ1) is 38.4. The molecule has 0 aromatic carbocycles. The predicted octanol–water partition coefficient (Wildman–Crippen LogP) is 20.8. The summed E-state index contributed by atoms with van der Waals surface area (Å²) in [5.74, 6) is -0.524. The van der Waals surface area contributed by atoms with Crippen LogP contribution in [-0.4, -0.2) is 69.4 Å². The van der Waals surface area contributed by atoms with Gasteiger partial charge in [0, 0.05) is 12.8 Å². The average Bonchev–Trinajstić information content (AvgIpc) is 3.41. The van der Waals surface area contributed by atoms with Gasteiger partial charge in [-0.2, -0.15) is 0 Å². The number of unbranched alkanes of at least 4 members (excludes halogenated alkanes) is 43. The molecular weight excluding hydrogens is 1000 g/mol. The zero-order valence-corrected chi connectivity index (χ0v) is 54.2. The number of quaternary nitrogens is 1. The lowest BCUT2D eigenvalue weighted by Gasteiger charge is -2.30. The molecular formula is C69H133N2O7P. The Kier molecular flexibility index (Phi) is 58.1. The van der Waals surface area contributed by atoms with E-state index >= 15 is 0 Å². The van der Waals surface area contributed by atoms with E-state index in [1.165, 1.54) is 244 Å². The third kappa shape index (κ3) is 60.6. The summed E-state index contributed by atoms with van der Waals surface area (Å²) in [6.07, 6.45) is 72.6. The summed E-state index contributed by atoms with van der Waals surface area (Å²) in [4.78, 5) is 40.1. The fraction of sp³-hybridized carbons (Fsp3) is 0.884. The van der Waals surface area contributed by atoms with Gasteiger partial charge in [0.1, 0.15) is 19.3 Å². The van der Waals surface area contributed by atoms with Gasteiger partial charge in [0.2, 0.25) is 5.91 Å². The van der Waals surface area contributed by atoms with Crippen molar-refractivity contribution in [3.63, 3.8) is 0 Å². The van der Waals surface area contributed by atoms with Crippen LogP contribution >= 0.6 is 7.82 Å². The highest BCUT2D eigenvalue weighted by Crippen LogP contribution is 2.38. The second-order valence-electron chi connectivity index (χ2n) is 24.7. The molecule has 0 saturated carbocycles. The van der Waals surface area contributed by atoms with E-state index in [4.69, 9.17) is 13.8 Å². The molecule has 0 aliphatic rings. The van der Waals surface area contributed by atoms with Crippen LogP contribution in [0.2, 0.25) is 0 Å². The molecule has 3 unspecified atom stereocenters. The highest BCUT2D eigenvalue weighted by molar-refractivity contribution is 7.45. The van der Waals surface area contributed by atoms with E-state index in [1.807, 2.05) is 33.3 Å². The van der Waals surface area contributed by atoms with Gasteiger partial charge in [0.05, 0.1) is 33.8 Å². The molecule has 0 bridgehead atoms. The summed E-state index contributed by atoms with van der Waals surface area (Å²) < 4.78 is 30.4. The topological polar surface area (TPSA) is 114 Å². The van der Waals surface area contributed by atoms with Gasteiger partial charge < -0.3 is 28.5 Å². The third-order valence-corrected chi connectivity index (χ3v) is 16.5. The Morgan fingerprint density at radius 1 is 0.443 bits per heavy atom. The summed E-state index contributed by atoms with van der Waals surface area (Å²) in [6, 6.07) is -0.884. The number of likely N-dealkylation sites (N-methyl/N-ethyl adjacent to an activating group) is 1. The van der Waals surface area contributed by atoms with Gasteiger partial charge in [-0.15, -0.1) is 0 Å². The predicted molar refractivity (Wildman–Crippen MR) is 340 cm³/mol. The number of hydrogen-bond acceptors (Lipinski definition) is 7. The Bertz CT molecular complexity index is 1450. The van der Waals surface area contributed by atoms with Crippen LogP contribution < -0.4 is 10.2 Å². The summed E-state index contributed by atoms with van der Waals surface area (Å²) in [5.41, 5.74) is 0. The number of hydrogen-bond donors (Lipinski definition) is 1. The molecule has 0 aromatic rings. The van der Waals surface area contributed by atoms with Crippen LogP contribution in [0.25, 0.3) is 0 Å². The molecule has 10 heteroatoms. The minimum Gasteiger partial charge on any atom is -0.756 e. The van der Waals surface area contributed by atoms with Gasteiger partial charge >= 0.3 is 5.97 Å². The van der Waals surface area contributed by atoms with Gasteiger partial charge in [0.15, 0.2) is 0 Å². The van der Waals surface area contributed by atoms with Crippen LogP contribution in [0.4, 0.5) is 0 Å². The maximum absolute atomic E-state index is 13.6. The van der Waals surface area contributed by atoms with Gasteiger partial charge in [0.25, 0.3) is 7.82 Å². The number of nitrogens with zero attached hydrogens (tertiary/aromatic N) is 1. The molecule has 1 N–H and O–H groups in total. The number of rotatable bonds is 63. The Balaban J connectivity index is 5.04. The second kappa shape index (κ2) is 59.4. The molecule has 1 amide bonds. The van der Waals surface area contributed by atoms with Crippen LogP contribution in [0, 0.1) is 0 Å². The first-order valence-corrected chi connectivity index (χ1v) is 35.8. The first kappa shape index (κ1) is 77.2. The number of esters is 1. The molecule has 0 aliphatic carbocycles. The summed E-state index contributed by atoms with van der Waals surface area (Å²) in [7, 11) is 1.20. The zero-order valence-electron chi connectivity index (χ0n) is 53.3. The number of ether oxygens (including phenoxy) is 1. The molecule has 466 valence electrons. The Hall–Kier alpha value is -1.77. The fourth-order valence-electron chi connectivity index (χ4n) is 10.3. The summed E-state index contributed by atoms with van der Waals surface area (Å²) in [6.45, 7) is 6.87. The van der Waals surface area contributed by atoms with Crippen molar-refractivity contribution in [2.45, 2.75) is 354 Å². The van der Waals surface area contributed by atoms with Crippen molar-refractivity contribution in [3.05, 3.63) is 36.5 Å². The molecule has 0 fully saturated rings. The highest BCUT2D eigenvalue weighted by atomic mass is 31.2. The smallest absolute Gasteiger partial charge is 0.306 e. The van der Waals surface area contributed by atoms with Crippen LogP contribution in [0.1, 0.15) is 342 Å². The number of nitrogens with one attached hydrogen (secondary N) is 1. The number of phosphoric acid groups is 1. The second-order valence-corrected chi connectivity index (χ2v) is 26.1. The lowest BCUT2D eigenvalue weighted by Crippen LogP contribution is -2.47. The first-order valence-electron chi connectivity index (χ1n) is 34.3. The maximum Gasteiger partial charge on any atom is 0.306 e. The molecule has 3 atom stereocenters. The number of allylic oxidation sites excluding steroid dienone is 5. The number of phosphoric ester groups is 1. The van der Waals surface area contributed by atoms with Crippen molar-refractivity contribution < 1.29 is 37.3 Å². The molecule has 0 aliphatic heterocycles. The Labute approximate surface area is 491 Å². The number of carbonyl (C=O) groups is 2. The Morgan fingerprint density at radius 3 is 1.16 bits per heavy atom. The SMILES string of the molecule is CCCCC/C=C\C/C=C\CCCCCCCCCCCCCCCC(=O)OC(/C=C/CCCCCCCCCCC)C(COP(=O)([O-])OCC[N+](C)(C)C)NC(=O)CCCCCCCCCCCCCCCCCCCCC. The molecule has 0 aromatic heterocycles. The zero-order chi connectivity index (χ0) is 57.9. The van der Waals surface area contributed by atoms with E-state index in [1.54, 1.807) is 0 Å². The van der Waals surface area contributed by atoms with E-state index in [0.717, 1.165) is 64.2 Å². The molecule has 79 heavy (non-hydrogen) atoms. The molecule has 0 rings (SSSR count). The van der Waals surface area contributed by atoms with E-state index < -0.39 is 20.0 Å². The van der Waals surface area contributed by atoms with Gasteiger partial charge in [-0.1, -0.05) is 302 Å². The number of amides is 1. The maximum atomic E-state index is 13.6. The molecule has 0 saturated heterocycles. The fourth-order valence-corrected chi connectivity index (χ4v) is 11.0. The van der Waals surface area contributed by atoms with Crippen LogP contribution in [0.3, 0.4) is 0 Å². The number of carbonyl (C=O) groups excluding carboxylic acids is 2. The van der Waals surface area contributed by atoms with Crippen molar-refractivity contribution in [2.24, 2.45) is 0 Å². The average molecular weight is 1130 g/mol. The van der Waals surface area contributed by atoms with Gasteiger partial charge in [-0.05, 0) is 63.9 Å². The van der Waals surface area contributed by atoms with Gasteiger partial charge in [-0.25, -0.2) is 0 Å². The summed E-state index contributed by atoms with van der Waals surface area (Å²) >= 11 is 0. The van der Waals surface area contributed by atoms with Crippen molar-refractivity contribution in [1.29, 1.82) is 0 Å². The lowest BCUT2D eigenvalue weighted by molar-refractivity contribution is -0.870.